The van der Waals surface area contributed by atoms with Crippen LogP contribution in [0.3, 0.4) is 0 Å². The zero-order valence-corrected chi connectivity index (χ0v) is 22.1. The second-order valence-electron chi connectivity index (χ2n) is 10.6. The van der Waals surface area contributed by atoms with Gasteiger partial charge in [0.05, 0.1) is 23.0 Å². The largest absolute Gasteiger partial charge is 0.361 e. The first-order valence-electron chi connectivity index (χ1n) is 12.4. The molecule has 2 aromatic heterocycles. The summed E-state index contributed by atoms with van der Waals surface area (Å²) in [5.74, 6) is 0.359. The molecule has 1 unspecified atom stereocenters. The Labute approximate surface area is 208 Å². The van der Waals surface area contributed by atoms with Crippen molar-refractivity contribution in [3.8, 4) is 11.3 Å². The average molecular weight is 495 g/mol. The molecule has 2 bridgehead atoms. The number of aromatic nitrogens is 3. The highest BCUT2D eigenvalue weighted by Crippen LogP contribution is 2.34. The second kappa shape index (κ2) is 10.8. The van der Waals surface area contributed by atoms with E-state index in [1.54, 1.807) is 6.07 Å². The molecule has 1 N–H and O–H groups in total. The van der Waals surface area contributed by atoms with Crippen LogP contribution in [0.4, 0.5) is 10.1 Å². The van der Waals surface area contributed by atoms with E-state index in [2.05, 4.69) is 37.1 Å². The van der Waals surface area contributed by atoms with Crippen LogP contribution in [0, 0.1) is 12.7 Å². The number of carbonyl (C=O) groups is 1. The monoisotopic (exact) mass is 494 g/mol. The molecular weight excluding hydrogens is 459 g/mol. The van der Waals surface area contributed by atoms with E-state index in [-0.39, 0.29) is 17.6 Å². The standard InChI is InChI=1S/C27H35FN4O2Si/c1-19-9-11-23(29-16-19)21-7-5-6-8-26(33)30-24-12-10-20(28)15-22(24)25-17-32(27(21)31-25)18-34-13-14-35(2,3)4/h9-12,15-17,21H,5-8,13-14,18H2,1-4H3,(H,30,33). The van der Waals surface area contributed by atoms with Gasteiger partial charge in [0, 0.05) is 39.1 Å². The van der Waals surface area contributed by atoms with E-state index in [0.29, 0.717) is 36.7 Å². The summed E-state index contributed by atoms with van der Waals surface area (Å²) in [4.78, 5) is 22.3. The summed E-state index contributed by atoms with van der Waals surface area (Å²) >= 11 is 0. The van der Waals surface area contributed by atoms with E-state index >= 15 is 0 Å². The molecule has 0 radical (unpaired) electrons. The van der Waals surface area contributed by atoms with Crippen molar-refractivity contribution in [3.63, 3.8) is 0 Å². The molecule has 0 fully saturated rings. The van der Waals surface area contributed by atoms with Gasteiger partial charge in [-0.2, -0.15) is 0 Å². The molecule has 0 aliphatic carbocycles. The van der Waals surface area contributed by atoms with E-state index in [0.717, 1.165) is 42.4 Å². The quantitative estimate of drug-likeness (QED) is 0.320. The van der Waals surface area contributed by atoms with Crippen LogP contribution in [-0.2, 0) is 16.3 Å². The van der Waals surface area contributed by atoms with Gasteiger partial charge in [0.2, 0.25) is 5.91 Å². The number of pyridine rings is 1. The van der Waals surface area contributed by atoms with Crippen molar-refractivity contribution in [2.45, 2.75) is 70.9 Å². The Morgan fingerprint density at radius 2 is 2.03 bits per heavy atom. The lowest BCUT2D eigenvalue weighted by atomic mass is 9.95. The summed E-state index contributed by atoms with van der Waals surface area (Å²) in [5.41, 5.74) is 3.79. The molecule has 3 heterocycles. The number of imidazole rings is 1. The van der Waals surface area contributed by atoms with E-state index in [4.69, 9.17) is 14.7 Å². The lowest BCUT2D eigenvalue weighted by Crippen LogP contribution is -2.22. The van der Waals surface area contributed by atoms with Gasteiger partial charge in [-0.05, 0) is 55.6 Å². The molecule has 0 spiro atoms. The topological polar surface area (TPSA) is 69.0 Å². The molecule has 6 nitrogen and oxygen atoms in total. The van der Waals surface area contributed by atoms with E-state index < -0.39 is 8.07 Å². The zero-order chi connectivity index (χ0) is 25.0. The van der Waals surface area contributed by atoms with Gasteiger partial charge in [-0.3, -0.25) is 9.78 Å². The van der Waals surface area contributed by atoms with Crippen molar-refractivity contribution in [2.75, 3.05) is 11.9 Å². The third-order valence-corrected chi connectivity index (χ3v) is 8.02. The molecule has 8 heteroatoms. The minimum absolute atomic E-state index is 0.0514. The Morgan fingerprint density at radius 3 is 2.77 bits per heavy atom. The lowest BCUT2D eigenvalue weighted by molar-refractivity contribution is -0.116. The van der Waals surface area contributed by atoms with Gasteiger partial charge in [0.15, 0.2) is 0 Å². The third kappa shape index (κ3) is 6.64. The van der Waals surface area contributed by atoms with Gasteiger partial charge in [-0.25, -0.2) is 9.37 Å². The molecule has 1 atom stereocenters. The Morgan fingerprint density at radius 1 is 1.20 bits per heavy atom. The maximum atomic E-state index is 14.3. The van der Waals surface area contributed by atoms with Crippen LogP contribution in [0.1, 0.15) is 48.7 Å². The number of aryl methyl sites for hydroxylation is 1. The summed E-state index contributed by atoms with van der Waals surface area (Å²) in [6.45, 7) is 10.1. The van der Waals surface area contributed by atoms with Crippen molar-refractivity contribution in [2.24, 2.45) is 0 Å². The van der Waals surface area contributed by atoms with Crippen LogP contribution in [0.15, 0.2) is 42.7 Å². The Hall–Kier alpha value is -2.84. The van der Waals surface area contributed by atoms with Gasteiger partial charge < -0.3 is 14.6 Å². The number of carbonyl (C=O) groups excluding carboxylic acids is 1. The third-order valence-electron chi connectivity index (χ3n) is 6.32. The van der Waals surface area contributed by atoms with Crippen LogP contribution < -0.4 is 5.32 Å². The highest BCUT2D eigenvalue weighted by molar-refractivity contribution is 6.76. The fourth-order valence-electron chi connectivity index (χ4n) is 4.26. The fourth-order valence-corrected chi connectivity index (χ4v) is 5.02. The molecule has 1 aromatic carbocycles. The van der Waals surface area contributed by atoms with Gasteiger partial charge in [0.1, 0.15) is 18.4 Å². The molecule has 0 saturated carbocycles. The number of hydrogen-bond donors (Lipinski definition) is 1. The number of rotatable bonds is 6. The van der Waals surface area contributed by atoms with Crippen LogP contribution in [0.25, 0.3) is 11.3 Å². The molecule has 186 valence electrons. The van der Waals surface area contributed by atoms with Crippen LogP contribution in [-0.4, -0.2) is 35.1 Å². The van der Waals surface area contributed by atoms with Crippen molar-refractivity contribution in [1.29, 1.82) is 0 Å². The first-order valence-corrected chi connectivity index (χ1v) is 16.1. The molecule has 3 aromatic rings. The highest BCUT2D eigenvalue weighted by Gasteiger charge is 2.25. The Kier molecular flexibility index (Phi) is 7.81. The predicted octanol–water partition coefficient (Wildman–Crippen LogP) is 6.35. The van der Waals surface area contributed by atoms with E-state index in [9.17, 15) is 9.18 Å². The molecule has 0 saturated heterocycles. The van der Waals surface area contributed by atoms with Gasteiger partial charge in [-0.1, -0.05) is 32.1 Å². The first kappa shape index (κ1) is 25.3. The fraction of sp³-hybridized carbons (Fsp3) is 0.444. The van der Waals surface area contributed by atoms with Crippen LogP contribution in [0.5, 0.6) is 0 Å². The summed E-state index contributed by atoms with van der Waals surface area (Å²) in [6, 6.07) is 9.60. The number of amides is 1. The Balaban J connectivity index is 1.77. The number of fused-ring (bicyclic) bond motifs is 4. The van der Waals surface area contributed by atoms with Crippen molar-refractivity contribution < 1.29 is 13.9 Å². The molecule has 1 aliphatic heterocycles. The van der Waals surface area contributed by atoms with Crippen molar-refractivity contribution in [3.05, 3.63) is 65.6 Å². The number of nitrogens with one attached hydrogen (secondary N) is 1. The molecule has 4 rings (SSSR count). The number of halogens is 1. The molecule has 1 aliphatic rings. The number of ether oxygens (including phenoxy) is 1. The van der Waals surface area contributed by atoms with Crippen LogP contribution in [0.2, 0.25) is 25.7 Å². The number of anilines is 1. The number of nitrogens with zero attached hydrogens (tertiary/aromatic N) is 3. The number of benzene rings is 1. The predicted molar refractivity (Wildman–Crippen MR) is 140 cm³/mol. The highest BCUT2D eigenvalue weighted by atomic mass is 28.3. The van der Waals surface area contributed by atoms with E-state index in [1.807, 2.05) is 23.9 Å². The molecule has 35 heavy (non-hydrogen) atoms. The van der Waals surface area contributed by atoms with Crippen molar-refractivity contribution in [1.82, 2.24) is 14.5 Å². The maximum Gasteiger partial charge on any atom is 0.224 e. The minimum Gasteiger partial charge on any atom is -0.361 e. The summed E-state index contributed by atoms with van der Waals surface area (Å²) < 4.78 is 22.4. The van der Waals surface area contributed by atoms with E-state index in [1.165, 1.54) is 12.1 Å². The second-order valence-corrected chi connectivity index (χ2v) is 16.2. The number of hydrogen-bond acceptors (Lipinski definition) is 4. The summed E-state index contributed by atoms with van der Waals surface area (Å²) in [6.07, 6.45) is 6.63. The van der Waals surface area contributed by atoms with Crippen LogP contribution >= 0.6 is 0 Å². The Bertz CT molecular complexity index is 1170. The zero-order valence-electron chi connectivity index (χ0n) is 21.1. The molecule has 1 amide bonds. The smallest absolute Gasteiger partial charge is 0.224 e. The minimum atomic E-state index is -1.21. The van der Waals surface area contributed by atoms with Gasteiger partial charge in [-0.15, -0.1) is 0 Å². The van der Waals surface area contributed by atoms with Gasteiger partial charge in [0.25, 0.3) is 0 Å². The SMILES string of the molecule is Cc1ccc(C2CCCCC(=O)Nc3ccc(F)cc3-c3cn(COCC[Si](C)(C)C)c2n3)nc1. The molecular formula is C27H35FN4O2Si. The average Bonchev–Trinajstić information content (AvgIpc) is 3.21. The normalized spacial score (nSPS) is 16.7. The summed E-state index contributed by atoms with van der Waals surface area (Å²) in [5, 5.41) is 2.95. The lowest BCUT2D eigenvalue weighted by Gasteiger charge is -2.19. The van der Waals surface area contributed by atoms with Crippen molar-refractivity contribution >= 4 is 19.7 Å². The first-order chi connectivity index (χ1) is 16.7. The summed E-state index contributed by atoms with van der Waals surface area (Å²) in [7, 11) is -1.21. The maximum absolute atomic E-state index is 14.3. The van der Waals surface area contributed by atoms with Gasteiger partial charge >= 0.3 is 0 Å².